The molecule has 1 heterocycles. The van der Waals surface area contributed by atoms with Crippen molar-refractivity contribution in [2.45, 2.75) is 26.1 Å². The summed E-state index contributed by atoms with van der Waals surface area (Å²) in [5.41, 5.74) is 1.35. The number of benzene rings is 1. The van der Waals surface area contributed by atoms with Crippen molar-refractivity contribution in [2.24, 2.45) is 4.99 Å². The molecule has 0 fully saturated rings. The van der Waals surface area contributed by atoms with Gasteiger partial charge in [-0.3, -0.25) is 4.99 Å². The lowest BCUT2D eigenvalue weighted by Gasteiger charge is -2.13. The van der Waals surface area contributed by atoms with Gasteiger partial charge in [0.2, 0.25) is 0 Å². The molecule has 0 bridgehead atoms. The van der Waals surface area contributed by atoms with E-state index in [-0.39, 0.29) is 30.5 Å². The minimum atomic E-state index is -4.42. The Labute approximate surface area is 177 Å². The van der Waals surface area contributed by atoms with Crippen molar-refractivity contribution in [2.75, 3.05) is 20.7 Å². The molecule has 1 aromatic carbocycles. The first-order chi connectivity index (χ1) is 12.3. The SMILES string of the molecule is CN=C(NCCc1cc(C)ccc1OC)NCc1nc(C(F)(F)F)cs1.I. The third-order valence-electron chi connectivity index (χ3n) is 3.60. The van der Waals surface area contributed by atoms with Crippen LogP contribution in [-0.4, -0.2) is 31.6 Å². The van der Waals surface area contributed by atoms with E-state index in [1.54, 1.807) is 14.2 Å². The fourth-order valence-corrected chi connectivity index (χ4v) is 3.06. The Hall–Kier alpha value is -1.56. The van der Waals surface area contributed by atoms with Crippen LogP contribution in [-0.2, 0) is 19.1 Å². The van der Waals surface area contributed by atoms with E-state index >= 15 is 0 Å². The van der Waals surface area contributed by atoms with Gasteiger partial charge in [0.15, 0.2) is 11.7 Å². The number of hydrogen-bond acceptors (Lipinski definition) is 4. The van der Waals surface area contributed by atoms with Crippen LogP contribution in [0, 0.1) is 6.92 Å². The third-order valence-corrected chi connectivity index (χ3v) is 4.44. The Morgan fingerprint density at radius 2 is 2.04 bits per heavy atom. The minimum Gasteiger partial charge on any atom is -0.496 e. The zero-order chi connectivity index (χ0) is 19.2. The molecule has 0 saturated carbocycles. The van der Waals surface area contributed by atoms with Gasteiger partial charge in [0, 0.05) is 19.0 Å². The molecule has 27 heavy (non-hydrogen) atoms. The van der Waals surface area contributed by atoms with E-state index in [0.29, 0.717) is 17.5 Å². The van der Waals surface area contributed by atoms with Gasteiger partial charge in [-0.2, -0.15) is 13.2 Å². The Bertz CT molecular complexity index is 765. The van der Waals surface area contributed by atoms with Gasteiger partial charge in [-0.25, -0.2) is 4.98 Å². The molecular formula is C17H22F3IN4OS. The molecule has 0 amide bonds. The second-order valence-electron chi connectivity index (χ2n) is 5.54. The maximum absolute atomic E-state index is 12.6. The molecule has 0 saturated heterocycles. The van der Waals surface area contributed by atoms with Gasteiger partial charge in [0.1, 0.15) is 10.8 Å². The molecule has 0 aliphatic carbocycles. The van der Waals surface area contributed by atoms with Crippen molar-refractivity contribution in [3.05, 3.63) is 45.4 Å². The van der Waals surface area contributed by atoms with Gasteiger partial charge < -0.3 is 15.4 Å². The molecule has 0 aliphatic heterocycles. The van der Waals surface area contributed by atoms with Crippen LogP contribution in [0.2, 0.25) is 0 Å². The van der Waals surface area contributed by atoms with Crippen molar-refractivity contribution in [1.29, 1.82) is 0 Å². The standard InChI is InChI=1S/C17H21F3N4OS.HI/c1-11-4-5-13(25-3)12(8-11)6-7-22-16(21-2)23-9-15-24-14(10-26-15)17(18,19)20;/h4-5,8,10H,6-7,9H2,1-3H3,(H2,21,22,23);1H. The molecule has 1 aromatic heterocycles. The Morgan fingerprint density at radius 3 is 2.63 bits per heavy atom. The summed E-state index contributed by atoms with van der Waals surface area (Å²) < 4.78 is 43.0. The van der Waals surface area contributed by atoms with E-state index in [9.17, 15) is 13.2 Å². The van der Waals surface area contributed by atoms with Gasteiger partial charge in [-0.15, -0.1) is 35.3 Å². The molecule has 0 atom stereocenters. The van der Waals surface area contributed by atoms with Crippen LogP contribution in [0.15, 0.2) is 28.6 Å². The maximum Gasteiger partial charge on any atom is 0.434 e. The predicted molar refractivity (Wildman–Crippen MR) is 112 cm³/mol. The number of methoxy groups -OCH3 is 1. The quantitative estimate of drug-likeness (QED) is 0.348. The summed E-state index contributed by atoms with van der Waals surface area (Å²) in [5, 5.41) is 7.46. The highest BCUT2D eigenvalue weighted by atomic mass is 127. The average molecular weight is 514 g/mol. The molecule has 2 N–H and O–H groups in total. The molecule has 5 nitrogen and oxygen atoms in total. The zero-order valence-electron chi connectivity index (χ0n) is 15.2. The summed E-state index contributed by atoms with van der Waals surface area (Å²) in [5.74, 6) is 1.32. The first-order valence-corrected chi connectivity index (χ1v) is 8.81. The smallest absolute Gasteiger partial charge is 0.434 e. The summed E-state index contributed by atoms with van der Waals surface area (Å²) >= 11 is 0.963. The average Bonchev–Trinajstić information content (AvgIpc) is 3.07. The van der Waals surface area contributed by atoms with Crippen LogP contribution < -0.4 is 15.4 Å². The van der Waals surface area contributed by atoms with Crippen molar-refractivity contribution in [3.63, 3.8) is 0 Å². The molecule has 0 unspecified atom stereocenters. The number of nitrogens with one attached hydrogen (secondary N) is 2. The van der Waals surface area contributed by atoms with Crippen LogP contribution in [0.5, 0.6) is 5.75 Å². The van der Waals surface area contributed by atoms with E-state index in [1.807, 2.05) is 19.1 Å². The maximum atomic E-state index is 12.6. The lowest BCUT2D eigenvalue weighted by atomic mass is 10.1. The van der Waals surface area contributed by atoms with Crippen molar-refractivity contribution in [3.8, 4) is 5.75 Å². The van der Waals surface area contributed by atoms with E-state index in [4.69, 9.17) is 4.74 Å². The first-order valence-electron chi connectivity index (χ1n) is 7.93. The van der Waals surface area contributed by atoms with Crippen molar-refractivity contribution < 1.29 is 17.9 Å². The van der Waals surface area contributed by atoms with E-state index in [0.717, 1.165) is 40.0 Å². The fourth-order valence-electron chi connectivity index (χ4n) is 2.32. The molecule has 0 spiro atoms. The fraction of sp³-hybridized carbons (Fsp3) is 0.412. The van der Waals surface area contributed by atoms with Crippen LogP contribution >= 0.6 is 35.3 Å². The number of guanidine groups is 1. The van der Waals surface area contributed by atoms with E-state index in [1.165, 1.54) is 0 Å². The van der Waals surface area contributed by atoms with Crippen molar-refractivity contribution in [1.82, 2.24) is 15.6 Å². The van der Waals surface area contributed by atoms with Crippen LogP contribution in [0.25, 0.3) is 0 Å². The van der Waals surface area contributed by atoms with E-state index < -0.39 is 11.9 Å². The van der Waals surface area contributed by atoms with Crippen LogP contribution in [0.1, 0.15) is 21.8 Å². The molecule has 0 radical (unpaired) electrons. The number of aromatic nitrogens is 1. The van der Waals surface area contributed by atoms with E-state index in [2.05, 4.69) is 26.7 Å². The molecule has 10 heteroatoms. The first kappa shape index (κ1) is 23.5. The normalized spacial score (nSPS) is 11.7. The second kappa shape index (κ2) is 10.7. The number of ether oxygens (including phenoxy) is 1. The highest BCUT2D eigenvalue weighted by molar-refractivity contribution is 14.0. The van der Waals surface area contributed by atoms with Crippen LogP contribution in [0.4, 0.5) is 13.2 Å². The molecule has 2 aromatic rings. The number of hydrogen-bond donors (Lipinski definition) is 2. The van der Waals surface area contributed by atoms with Gasteiger partial charge in [-0.05, 0) is 25.0 Å². The number of alkyl halides is 3. The zero-order valence-corrected chi connectivity index (χ0v) is 18.3. The Morgan fingerprint density at radius 1 is 1.30 bits per heavy atom. The largest absolute Gasteiger partial charge is 0.496 e. The van der Waals surface area contributed by atoms with Crippen LogP contribution in [0.3, 0.4) is 0 Å². The predicted octanol–water partition coefficient (Wildman–Crippen LogP) is 4.00. The molecule has 0 aliphatic rings. The molecule has 2 rings (SSSR count). The summed E-state index contributed by atoms with van der Waals surface area (Å²) in [6, 6.07) is 5.98. The van der Waals surface area contributed by atoms with Gasteiger partial charge >= 0.3 is 6.18 Å². The second-order valence-corrected chi connectivity index (χ2v) is 6.48. The van der Waals surface area contributed by atoms with Crippen molar-refractivity contribution >= 4 is 41.3 Å². The number of halogens is 4. The number of thiazole rings is 1. The number of aliphatic imine (C=N–C) groups is 1. The summed E-state index contributed by atoms with van der Waals surface area (Å²) in [6.45, 7) is 2.79. The summed E-state index contributed by atoms with van der Waals surface area (Å²) in [6.07, 6.45) is -3.69. The van der Waals surface area contributed by atoms with Gasteiger partial charge in [-0.1, -0.05) is 17.7 Å². The number of nitrogens with zero attached hydrogens (tertiary/aromatic N) is 2. The number of rotatable bonds is 6. The van der Waals surface area contributed by atoms with Gasteiger partial charge in [0.25, 0.3) is 0 Å². The highest BCUT2D eigenvalue weighted by Gasteiger charge is 2.33. The molecule has 150 valence electrons. The summed E-state index contributed by atoms with van der Waals surface area (Å²) in [4.78, 5) is 7.65. The third kappa shape index (κ3) is 7.17. The summed E-state index contributed by atoms with van der Waals surface area (Å²) in [7, 11) is 3.23. The topological polar surface area (TPSA) is 58.5 Å². The Kier molecular flexibility index (Phi) is 9.30. The highest BCUT2D eigenvalue weighted by Crippen LogP contribution is 2.29. The monoisotopic (exact) mass is 514 g/mol. The lowest BCUT2D eigenvalue weighted by molar-refractivity contribution is -0.140. The Balaban J connectivity index is 0.00000364. The lowest BCUT2D eigenvalue weighted by Crippen LogP contribution is -2.37. The molecular weight excluding hydrogens is 492 g/mol. The number of aryl methyl sites for hydroxylation is 1. The van der Waals surface area contributed by atoms with Gasteiger partial charge in [0.05, 0.1) is 13.7 Å². The minimum absolute atomic E-state index is 0.